The Balaban J connectivity index is 1.91. The van der Waals surface area contributed by atoms with Gasteiger partial charge in [-0.05, 0) is 56.7 Å². The normalized spacial score (nSPS) is 19.6. The third-order valence-corrected chi connectivity index (χ3v) is 7.36. The van der Waals surface area contributed by atoms with E-state index in [0.717, 1.165) is 38.8 Å². The molecule has 0 aromatic heterocycles. The summed E-state index contributed by atoms with van der Waals surface area (Å²) in [7, 11) is -3.60. The van der Waals surface area contributed by atoms with Gasteiger partial charge in [0.05, 0.1) is 4.90 Å². The molecular formula is C19H28N2O3S. The first-order valence-electron chi connectivity index (χ1n) is 9.25. The molecule has 1 atom stereocenters. The number of sulfonamides is 1. The van der Waals surface area contributed by atoms with Crippen molar-refractivity contribution in [3.05, 3.63) is 29.8 Å². The first kappa shape index (κ1) is 18.4. The highest BCUT2D eigenvalue weighted by atomic mass is 32.2. The predicted molar refractivity (Wildman–Crippen MR) is 97.9 cm³/mol. The Kier molecular flexibility index (Phi) is 5.21. The lowest BCUT2D eigenvalue weighted by Crippen LogP contribution is -2.43. The van der Waals surface area contributed by atoms with Crippen molar-refractivity contribution in [1.82, 2.24) is 9.21 Å². The van der Waals surface area contributed by atoms with Crippen molar-refractivity contribution in [3.63, 3.8) is 0 Å². The average molecular weight is 365 g/mol. The molecule has 1 aliphatic carbocycles. The van der Waals surface area contributed by atoms with Gasteiger partial charge in [-0.3, -0.25) is 4.79 Å². The Morgan fingerprint density at radius 2 is 1.80 bits per heavy atom. The fraction of sp³-hybridized carbons (Fsp3) is 0.632. The van der Waals surface area contributed by atoms with Crippen LogP contribution in [0.5, 0.6) is 0 Å². The van der Waals surface area contributed by atoms with Crippen LogP contribution < -0.4 is 0 Å². The molecule has 6 heteroatoms. The minimum atomic E-state index is -3.60. The number of likely N-dealkylation sites (tertiary alicyclic amines) is 1. The second-order valence-electron chi connectivity index (χ2n) is 7.58. The van der Waals surface area contributed by atoms with Crippen molar-refractivity contribution in [2.45, 2.75) is 63.4 Å². The Morgan fingerprint density at radius 3 is 2.36 bits per heavy atom. The predicted octanol–water partition coefficient (Wildman–Crippen LogP) is 3.12. The summed E-state index contributed by atoms with van der Waals surface area (Å²) in [5, 5.41) is 0. The lowest BCUT2D eigenvalue weighted by Gasteiger charge is -2.31. The van der Waals surface area contributed by atoms with Gasteiger partial charge in [0.25, 0.3) is 5.91 Å². The van der Waals surface area contributed by atoms with Crippen LogP contribution in [0.15, 0.2) is 29.2 Å². The number of hydrogen-bond donors (Lipinski definition) is 0. The van der Waals surface area contributed by atoms with Gasteiger partial charge in [0, 0.05) is 30.7 Å². The van der Waals surface area contributed by atoms with Gasteiger partial charge < -0.3 is 4.90 Å². The molecule has 1 saturated heterocycles. The van der Waals surface area contributed by atoms with Crippen LogP contribution in [0.25, 0.3) is 0 Å². The number of hydrogen-bond acceptors (Lipinski definition) is 3. The smallest absolute Gasteiger partial charge is 0.253 e. The highest BCUT2D eigenvalue weighted by Gasteiger charge is 2.42. The minimum Gasteiger partial charge on any atom is -0.339 e. The van der Waals surface area contributed by atoms with Crippen molar-refractivity contribution in [1.29, 1.82) is 0 Å². The van der Waals surface area contributed by atoms with Gasteiger partial charge in [0.2, 0.25) is 10.0 Å². The van der Waals surface area contributed by atoms with Crippen LogP contribution in [0.1, 0.15) is 56.8 Å². The summed E-state index contributed by atoms with van der Waals surface area (Å²) in [6.07, 6.45) is 3.88. The topological polar surface area (TPSA) is 57.7 Å². The maximum Gasteiger partial charge on any atom is 0.253 e. The van der Waals surface area contributed by atoms with E-state index in [1.807, 2.05) is 20.8 Å². The van der Waals surface area contributed by atoms with Crippen LogP contribution in [0.4, 0.5) is 0 Å². The third-order valence-electron chi connectivity index (χ3n) is 5.32. The number of amides is 1. The van der Waals surface area contributed by atoms with Crippen LogP contribution in [0.2, 0.25) is 0 Å². The lowest BCUT2D eigenvalue weighted by atomic mass is 10.1. The van der Waals surface area contributed by atoms with Crippen molar-refractivity contribution >= 4 is 15.9 Å². The van der Waals surface area contributed by atoms with E-state index in [0.29, 0.717) is 5.56 Å². The maximum atomic E-state index is 13.3. The first-order chi connectivity index (χ1) is 11.8. The van der Waals surface area contributed by atoms with E-state index in [9.17, 15) is 13.2 Å². The molecule has 0 unspecified atom stereocenters. The molecular weight excluding hydrogens is 336 g/mol. The van der Waals surface area contributed by atoms with Gasteiger partial charge in [-0.15, -0.1) is 0 Å². The zero-order valence-corrected chi connectivity index (χ0v) is 16.1. The van der Waals surface area contributed by atoms with Crippen molar-refractivity contribution in [3.8, 4) is 0 Å². The molecule has 0 radical (unpaired) electrons. The fourth-order valence-electron chi connectivity index (χ4n) is 3.38. The van der Waals surface area contributed by atoms with Gasteiger partial charge in [0.1, 0.15) is 0 Å². The van der Waals surface area contributed by atoms with Gasteiger partial charge in [-0.25, -0.2) is 8.42 Å². The van der Waals surface area contributed by atoms with E-state index in [2.05, 4.69) is 0 Å². The average Bonchev–Trinajstić information content (AvgIpc) is 3.25. The second kappa shape index (κ2) is 7.08. The van der Waals surface area contributed by atoms with E-state index < -0.39 is 10.0 Å². The first-order valence-corrected chi connectivity index (χ1v) is 10.7. The van der Waals surface area contributed by atoms with Crippen LogP contribution in [0.3, 0.4) is 0 Å². The highest BCUT2D eigenvalue weighted by Crippen LogP contribution is 2.35. The Hall–Kier alpha value is -1.40. The highest BCUT2D eigenvalue weighted by molar-refractivity contribution is 7.89. The Bertz CT molecular complexity index is 735. The van der Waals surface area contributed by atoms with E-state index in [1.165, 1.54) is 0 Å². The van der Waals surface area contributed by atoms with E-state index >= 15 is 0 Å². The maximum absolute atomic E-state index is 13.3. The molecule has 3 rings (SSSR count). The summed E-state index contributed by atoms with van der Waals surface area (Å²) in [4.78, 5) is 14.6. The zero-order valence-electron chi connectivity index (χ0n) is 15.3. The Labute approximate surface area is 151 Å². The lowest BCUT2D eigenvalue weighted by molar-refractivity contribution is 0.0792. The largest absolute Gasteiger partial charge is 0.339 e. The number of rotatable bonds is 6. The molecule has 2 aliphatic rings. The molecule has 2 fully saturated rings. The molecule has 5 nitrogen and oxygen atoms in total. The number of carbonyl (C=O) groups excluding carboxylic acids is 1. The number of nitrogens with zero attached hydrogens (tertiary/aromatic N) is 2. The summed E-state index contributed by atoms with van der Waals surface area (Å²) in [6.45, 7) is 7.58. The van der Waals surface area contributed by atoms with Crippen molar-refractivity contribution < 1.29 is 13.2 Å². The molecule has 1 aliphatic heterocycles. The van der Waals surface area contributed by atoms with E-state index in [4.69, 9.17) is 0 Å². The summed E-state index contributed by atoms with van der Waals surface area (Å²) in [6, 6.07) is 6.60. The summed E-state index contributed by atoms with van der Waals surface area (Å²) in [5.41, 5.74) is 0.468. The molecule has 1 amide bonds. The zero-order chi connectivity index (χ0) is 18.2. The molecule has 0 spiro atoms. The van der Waals surface area contributed by atoms with Gasteiger partial charge in [-0.2, -0.15) is 4.31 Å². The molecule has 1 saturated carbocycles. The number of benzene rings is 1. The summed E-state index contributed by atoms with van der Waals surface area (Å²) in [5.74, 6) is 0.175. The minimum absolute atomic E-state index is 0.0598. The van der Waals surface area contributed by atoms with Crippen molar-refractivity contribution in [2.24, 2.45) is 5.92 Å². The van der Waals surface area contributed by atoms with E-state index in [-0.39, 0.29) is 28.8 Å². The van der Waals surface area contributed by atoms with E-state index in [1.54, 1.807) is 33.5 Å². The molecule has 138 valence electrons. The van der Waals surface area contributed by atoms with Crippen LogP contribution in [0, 0.1) is 5.92 Å². The van der Waals surface area contributed by atoms with Gasteiger partial charge in [-0.1, -0.05) is 19.9 Å². The Morgan fingerprint density at radius 1 is 1.16 bits per heavy atom. The van der Waals surface area contributed by atoms with Crippen molar-refractivity contribution in [2.75, 3.05) is 13.1 Å². The third kappa shape index (κ3) is 3.75. The van der Waals surface area contributed by atoms with Crippen LogP contribution in [-0.2, 0) is 10.0 Å². The number of carbonyl (C=O) groups is 1. The summed E-state index contributed by atoms with van der Waals surface area (Å²) < 4.78 is 28.2. The second-order valence-corrected chi connectivity index (χ2v) is 9.42. The van der Waals surface area contributed by atoms with Crippen LogP contribution in [-0.4, -0.2) is 48.7 Å². The van der Waals surface area contributed by atoms with Gasteiger partial charge in [0.15, 0.2) is 0 Å². The SMILES string of the molecule is CC(C)[C@@H](C)N(C1CC1)S(=O)(=O)c1cccc(C(=O)N2CCCC2)c1. The quantitative estimate of drug-likeness (QED) is 0.779. The molecule has 0 bridgehead atoms. The van der Waals surface area contributed by atoms with Crippen LogP contribution >= 0.6 is 0 Å². The summed E-state index contributed by atoms with van der Waals surface area (Å²) >= 11 is 0. The molecule has 1 aromatic rings. The molecule has 0 N–H and O–H groups in total. The van der Waals surface area contributed by atoms with Gasteiger partial charge >= 0.3 is 0 Å². The molecule has 25 heavy (non-hydrogen) atoms. The monoisotopic (exact) mass is 364 g/mol. The molecule has 1 heterocycles. The standard InChI is InChI=1S/C19H28N2O3S/c1-14(2)15(3)21(17-9-10-17)25(23,24)18-8-6-7-16(13-18)19(22)20-11-4-5-12-20/h6-8,13-15,17H,4-5,9-12H2,1-3H3/t15-/m1/s1. The molecule has 1 aromatic carbocycles. The fourth-order valence-corrected chi connectivity index (χ4v) is 5.44.